The third-order valence-electron chi connectivity index (χ3n) is 5.73. The van der Waals surface area contributed by atoms with Gasteiger partial charge in [-0.1, -0.05) is 60.7 Å². The molecule has 0 aromatic heterocycles. The monoisotopic (exact) mass is 431 g/mol. The third-order valence-corrected chi connectivity index (χ3v) is 5.73. The Balaban J connectivity index is 1.35. The fraction of sp³-hybridized carbons (Fsp3) is 0.231. The van der Waals surface area contributed by atoms with Gasteiger partial charge >= 0.3 is 0 Å². The van der Waals surface area contributed by atoms with Crippen molar-refractivity contribution in [2.45, 2.75) is 6.54 Å². The van der Waals surface area contributed by atoms with Gasteiger partial charge < -0.3 is 10.2 Å². The van der Waals surface area contributed by atoms with Gasteiger partial charge in [0.1, 0.15) is 5.82 Å². The number of piperazine rings is 1. The highest BCUT2D eigenvalue weighted by molar-refractivity contribution is 6.02. The summed E-state index contributed by atoms with van der Waals surface area (Å²) in [7, 11) is 0. The molecule has 3 aromatic rings. The van der Waals surface area contributed by atoms with Crippen LogP contribution in [0.25, 0.3) is 0 Å². The molecule has 1 saturated heterocycles. The maximum Gasteiger partial charge on any atom is 0.251 e. The molecule has 1 heterocycles. The molecule has 3 aromatic carbocycles. The van der Waals surface area contributed by atoms with Gasteiger partial charge in [0.15, 0.2) is 5.78 Å². The smallest absolute Gasteiger partial charge is 0.251 e. The van der Waals surface area contributed by atoms with Gasteiger partial charge in [0.2, 0.25) is 0 Å². The van der Waals surface area contributed by atoms with Crippen molar-refractivity contribution in [1.29, 1.82) is 0 Å². The normalized spacial score (nSPS) is 14.2. The van der Waals surface area contributed by atoms with Crippen LogP contribution in [0.2, 0.25) is 0 Å². The standard InChI is InChI=1S/C26H26FN3O2/c27-23-12-6-7-13-24(23)30-16-14-29(15-17-30)19-21-10-4-5-11-22(21)26(32)28-18-25(31)20-8-2-1-3-9-20/h1-13H,14-19H2,(H,28,32). The summed E-state index contributed by atoms with van der Waals surface area (Å²) in [4.78, 5) is 29.4. The van der Waals surface area contributed by atoms with E-state index >= 15 is 0 Å². The van der Waals surface area contributed by atoms with Gasteiger partial charge in [0.25, 0.3) is 5.91 Å². The Morgan fingerprint density at radius 3 is 2.22 bits per heavy atom. The van der Waals surface area contributed by atoms with E-state index in [1.54, 1.807) is 42.5 Å². The number of Topliss-reactive ketones (excluding diaryl/α,β-unsaturated/α-hetero) is 1. The van der Waals surface area contributed by atoms with Gasteiger partial charge in [-0.25, -0.2) is 4.39 Å². The molecule has 1 fully saturated rings. The highest BCUT2D eigenvalue weighted by Crippen LogP contribution is 2.21. The number of hydrogen-bond donors (Lipinski definition) is 1. The Hall–Kier alpha value is -3.51. The highest BCUT2D eigenvalue weighted by Gasteiger charge is 2.21. The minimum Gasteiger partial charge on any atom is -0.367 e. The number of ketones is 1. The van der Waals surface area contributed by atoms with Crippen LogP contribution in [0.3, 0.4) is 0 Å². The quantitative estimate of drug-likeness (QED) is 0.579. The molecule has 0 aliphatic carbocycles. The van der Waals surface area contributed by atoms with Gasteiger partial charge in [0, 0.05) is 43.9 Å². The summed E-state index contributed by atoms with van der Waals surface area (Å²) in [5.41, 5.74) is 2.70. The fourth-order valence-electron chi connectivity index (χ4n) is 3.96. The summed E-state index contributed by atoms with van der Waals surface area (Å²) in [6, 6.07) is 23.2. The van der Waals surface area contributed by atoms with Crippen molar-refractivity contribution in [2.24, 2.45) is 0 Å². The number of anilines is 1. The van der Waals surface area contributed by atoms with Crippen molar-refractivity contribution in [2.75, 3.05) is 37.6 Å². The molecule has 1 aliphatic heterocycles. The van der Waals surface area contributed by atoms with Crippen LogP contribution in [-0.2, 0) is 6.54 Å². The number of benzene rings is 3. The first-order valence-corrected chi connectivity index (χ1v) is 10.8. The van der Waals surface area contributed by atoms with E-state index in [1.807, 2.05) is 30.3 Å². The van der Waals surface area contributed by atoms with Gasteiger partial charge in [-0.2, -0.15) is 0 Å². The van der Waals surface area contributed by atoms with E-state index < -0.39 is 0 Å². The molecule has 4 rings (SSSR count). The van der Waals surface area contributed by atoms with Crippen LogP contribution in [0.4, 0.5) is 10.1 Å². The Morgan fingerprint density at radius 2 is 1.47 bits per heavy atom. The molecule has 164 valence electrons. The molecular weight excluding hydrogens is 405 g/mol. The second kappa shape index (κ2) is 10.2. The molecule has 6 heteroatoms. The highest BCUT2D eigenvalue weighted by atomic mass is 19.1. The number of carbonyl (C=O) groups is 2. The average Bonchev–Trinajstić information content (AvgIpc) is 2.84. The average molecular weight is 432 g/mol. The van der Waals surface area contributed by atoms with E-state index in [0.717, 1.165) is 31.7 Å². The van der Waals surface area contributed by atoms with Crippen LogP contribution in [0.1, 0.15) is 26.3 Å². The van der Waals surface area contributed by atoms with Crippen LogP contribution in [0.5, 0.6) is 0 Å². The number of carbonyl (C=O) groups excluding carboxylic acids is 2. The molecule has 0 bridgehead atoms. The number of nitrogens with zero attached hydrogens (tertiary/aromatic N) is 2. The maximum absolute atomic E-state index is 14.1. The van der Waals surface area contributed by atoms with Crippen molar-refractivity contribution in [1.82, 2.24) is 10.2 Å². The molecule has 32 heavy (non-hydrogen) atoms. The van der Waals surface area contributed by atoms with Crippen molar-refractivity contribution in [3.05, 3.63) is 101 Å². The molecule has 0 atom stereocenters. The number of para-hydroxylation sites is 1. The number of halogens is 1. The van der Waals surface area contributed by atoms with Gasteiger partial charge in [-0.15, -0.1) is 0 Å². The maximum atomic E-state index is 14.1. The van der Waals surface area contributed by atoms with Crippen LogP contribution in [0, 0.1) is 5.82 Å². The lowest BCUT2D eigenvalue weighted by Crippen LogP contribution is -2.46. The molecule has 0 unspecified atom stereocenters. The summed E-state index contributed by atoms with van der Waals surface area (Å²) in [6.07, 6.45) is 0. The first-order chi connectivity index (χ1) is 15.6. The van der Waals surface area contributed by atoms with E-state index in [9.17, 15) is 14.0 Å². The molecule has 5 nitrogen and oxygen atoms in total. The zero-order valence-corrected chi connectivity index (χ0v) is 17.8. The van der Waals surface area contributed by atoms with Crippen molar-refractivity contribution in [3.63, 3.8) is 0 Å². The van der Waals surface area contributed by atoms with Crippen LogP contribution in [-0.4, -0.2) is 49.3 Å². The largest absolute Gasteiger partial charge is 0.367 e. The molecular formula is C26H26FN3O2. The second-order valence-electron chi connectivity index (χ2n) is 7.84. The number of amides is 1. The topological polar surface area (TPSA) is 52.7 Å². The SMILES string of the molecule is O=C(CNC(=O)c1ccccc1CN1CCN(c2ccccc2F)CC1)c1ccccc1. The second-order valence-corrected chi connectivity index (χ2v) is 7.84. The van der Waals surface area contributed by atoms with Crippen molar-refractivity contribution >= 4 is 17.4 Å². The molecule has 1 aliphatic rings. The van der Waals surface area contributed by atoms with E-state index in [1.165, 1.54) is 6.07 Å². The van der Waals surface area contributed by atoms with Crippen LogP contribution >= 0.6 is 0 Å². The van der Waals surface area contributed by atoms with E-state index in [2.05, 4.69) is 15.1 Å². The first-order valence-electron chi connectivity index (χ1n) is 10.8. The summed E-state index contributed by atoms with van der Waals surface area (Å²) in [6.45, 7) is 3.58. The lowest BCUT2D eigenvalue weighted by molar-refractivity contribution is 0.0902. The number of hydrogen-bond acceptors (Lipinski definition) is 4. The Bertz CT molecular complexity index is 1080. The van der Waals surface area contributed by atoms with Crippen molar-refractivity contribution in [3.8, 4) is 0 Å². The number of rotatable bonds is 7. The third kappa shape index (κ3) is 5.21. The molecule has 0 spiro atoms. The minimum atomic E-state index is -0.255. The predicted octanol–water partition coefficient (Wildman–Crippen LogP) is 3.76. The minimum absolute atomic E-state index is 0.0432. The van der Waals surface area contributed by atoms with Gasteiger partial charge in [0.05, 0.1) is 12.2 Å². The molecule has 1 N–H and O–H groups in total. The summed E-state index contributed by atoms with van der Waals surface area (Å²) in [5.74, 6) is -0.580. The van der Waals surface area contributed by atoms with Gasteiger partial charge in [-0.05, 0) is 23.8 Å². The van der Waals surface area contributed by atoms with E-state index in [4.69, 9.17) is 0 Å². The van der Waals surface area contributed by atoms with Crippen molar-refractivity contribution < 1.29 is 14.0 Å². The first kappa shape index (κ1) is 21.7. The summed E-state index contributed by atoms with van der Waals surface area (Å²) in [5, 5.41) is 2.75. The zero-order valence-electron chi connectivity index (χ0n) is 17.8. The Kier molecular flexibility index (Phi) is 6.92. The van der Waals surface area contributed by atoms with Gasteiger partial charge in [-0.3, -0.25) is 14.5 Å². The fourth-order valence-corrected chi connectivity index (χ4v) is 3.96. The Morgan fingerprint density at radius 1 is 0.812 bits per heavy atom. The predicted molar refractivity (Wildman–Crippen MR) is 123 cm³/mol. The zero-order chi connectivity index (χ0) is 22.3. The lowest BCUT2D eigenvalue weighted by atomic mass is 10.1. The van der Waals surface area contributed by atoms with Crippen LogP contribution in [0.15, 0.2) is 78.9 Å². The molecule has 0 saturated carbocycles. The molecule has 1 amide bonds. The lowest BCUT2D eigenvalue weighted by Gasteiger charge is -2.36. The van der Waals surface area contributed by atoms with E-state index in [-0.39, 0.29) is 24.1 Å². The Labute approximate surface area is 187 Å². The van der Waals surface area contributed by atoms with E-state index in [0.29, 0.717) is 23.4 Å². The summed E-state index contributed by atoms with van der Waals surface area (Å²) >= 11 is 0. The summed E-state index contributed by atoms with van der Waals surface area (Å²) < 4.78 is 14.1. The van der Waals surface area contributed by atoms with Crippen LogP contribution < -0.4 is 10.2 Å². The number of nitrogens with one attached hydrogen (secondary N) is 1. The molecule has 0 radical (unpaired) electrons.